The van der Waals surface area contributed by atoms with Gasteiger partial charge >= 0.3 is 0 Å². The summed E-state index contributed by atoms with van der Waals surface area (Å²) in [5.74, 6) is 2.47. The van der Waals surface area contributed by atoms with Crippen molar-refractivity contribution < 1.29 is 19.0 Å². The van der Waals surface area contributed by atoms with Crippen molar-refractivity contribution in [1.82, 2.24) is 4.98 Å². The van der Waals surface area contributed by atoms with Crippen LogP contribution in [0.5, 0.6) is 17.4 Å². The Bertz CT molecular complexity index is 851. The number of ether oxygens (including phenoxy) is 3. The molecule has 30 heavy (non-hydrogen) atoms. The minimum Gasteiger partial charge on any atom is -0.490 e. The van der Waals surface area contributed by atoms with Crippen LogP contribution in [-0.2, 0) is 4.79 Å². The Balaban J connectivity index is 1.64. The molecular formula is C24H32N2O4. The molecular weight excluding hydrogens is 380 g/mol. The van der Waals surface area contributed by atoms with Crippen LogP contribution in [0, 0.1) is 0 Å². The van der Waals surface area contributed by atoms with E-state index in [1.54, 1.807) is 20.2 Å². The van der Waals surface area contributed by atoms with Crippen molar-refractivity contribution in [3.05, 3.63) is 42.1 Å². The molecule has 1 aromatic heterocycles. The molecule has 1 aliphatic rings. The average molecular weight is 413 g/mol. The third-order valence-electron chi connectivity index (χ3n) is 5.23. The molecule has 1 fully saturated rings. The molecule has 3 rings (SSSR count). The molecule has 0 spiro atoms. The molecule has 2 heterocycles. The predicted molar refractivity (Wildman–Crippen MR) is 118 cm³/mol. The van der Waals surface area contributed by atoms with Crippen molar-refractivity contribution in [3.63, 3.8) is 0 Å². The lowest BCUT2D eigenvalue weighted by Gasteiger charge is -2.23. The number of anilines is 1. The van der Waals surface area contributed by atoms with E-state index in [0.29, 0.717) is 18.1 Å². The topological polar surface area (TPSA) is 60.9 Å². The van der Waals surface area contributed by atoms with Gasteiger partial charge in [0.25, 0.3) is 5.88 Å². The van der Waals surface area contributed by atoms with Crippen LogP contribution < -0.4 is 19.1 Å². The number of ketones is 1. The molecule has 0 bridgehead atoms. The zero-order valence-electron chi connectivity index (χ0n) is 18.6. The normalized spacial score (nSPS) is 17.1. The summed E-state index contributed by atoms with van der Waals surface area (Å²) < 4.78 is 17.6. The lowest BCUT2D eigenvalue weighted by atomic mass is 9.96. The Hall–Kier alpha value is -2.76. The van der Waals surface area contributed by atoms with Gasteiger partial charge in [-0.3, -0.25) is 0 Å². The summed E-state index contributed by atoms with van der Waals surface area (Å²) in [6.45, 7) is 9.30. The van der Waals surface area contributed by atoms with E-state index in [2.05, 4.69) is 28.9 Å². The number of Topliss-reactive ketones (excluding diaryl/α,β-unsaturated/α-hetero) is 1. The zero-order chi connectivity index (χ0) is 21.7. The number of nitrogens with zero attached hydrogens (tertiary/aromatic N) is 2. The SMILES string of the molecule is COc1c(N2CC[C@@H](Oc3ccc([C@H](C)CC(C)=O)cc3)C2)ccnc1OC(C)C. The smallest absolute Gasteiger partial charge is 0.259 e. The number of methoxy groups -OCH3 is 1. The Morgan fingerprint density at radius 2 is 1.93 bits per heavy atom. The fourth-order valence-corrected chi connectivity index (χ4v) is 3.83. The first kappa shape index (κ1) is 21.9. The maximum absolute atomic E-state index is 11.3. The van der Waals surface area contributed by atoms with Crippen LogP contribution in [0.3, 0.4) is 0 Å². The highest BCUT2D eigenvalue weighted by Crippen LogP contribution is 2.38. The van der Waals surface area contributed by atoms with Crippen LogP contribution in [0.4, 0.5) is 5.69 Å². The van der Waals surface area contributed by atoms with E-state index in [1.165, 1.54) is 0 Å². The number of pyridine rings is 1. The molecule has 6 nitrogen and oxygen atoms in total. The number of benzene rings is 1. The molecule has 0 amide bonds. The maximum atomic E-state index is 11.3. The van der Waals surface area contributed by atoms with Gasteiger partial charge in [0.05, 0.1) is 25.4 Å². The standard InChI is InChI=1S/C24H32N2O4/c1-16(2)29-24-23(28-5)22(10-12-25-24)26-13-11-21(15-26)30-20-8-6-19(7-9-20)17(3)14-18(4)27/h6-10,12,16-17,21H,11,13-15H2,1-5H3/t17-,21-/m1/s1. The lowest BCUT2D eigenvalue weighted by Crippen LogP contribution is -2.25. The van der Waals surface area contributed by atoms with Crippen molar-refractivity contribution in [2.75, 3.05) is 25.1 Å². The summed E-state index contributed by atoms with van der Waals surface area (Å²) in [5, 5.41) is 0. The Morgan fingerprint density at radius 1 is 1.20 bits per heavy atom. The minimum atomic E-state index is 0.0254. The Morgan fingerprint density at radius 3 is 2.57 bits per heavy atom. The van der Waals surface area contributed by atoms with E-state index < -0.39 is 0 Å². The molecule has 0 saturated carbocycles. The van der Waals surface area contributed by atoms with Crippen molar-refractivity contribution >= 4 is 11.5 Å². The van der Waals surface area contributed by atoms with Crippen molar-refractivity contribution in [2.24, 2.45) is 0 Å². The number of aromatic nitrogens is 1. The van der Waals surface area contributed by atoms with E-state index >= 15 is 0 Å². The van der Waals surface area contributed by atoms with Gasteiger partial charge in [-0.25, -0.2) is 4.98 Å². The maximum Gasteiger partial charge on any atom is 0.259 e. The fraction of sp³-hybridized carbons (Fsp3) is 0.500. The largest absolute Gasteiger partial charge is 0.490 e. The van der Waals surface area contributed by atoms with E-state index in [0.717, 1.165) is 36.5 Å². The third-order valence-corrected chi connectivity index (χ3v) is 5.23. The van der Waals surface area contributed by atoms with Gasteiger partial charge in [-0.15, -0.1) is 0 Å². The second-order valence-electron chi connectivity index (χ2n) is 8.19. The third kappa shape index (κ3) is 5.43. The first-order chi connectivity index (χ1) is 14.4. The van der Waals surface area contributed by atoms with Crippen LogP contribution in [-0.4, -0.2) is 43.2 Å². The number of carbonyl (C=O) groups excluding carboxylic acids is 1. The Kier molecular flexibility index (Phi) is 7.19. The first-order valence-electron chi connectivity index (χ1n) is 10.6. The molecule has 1 aliphatic heterocycles. The summed E-state index contributed by atoms with van der Waals surface area (Å²) in [7, 11) is 1.65. The summed E-state index contributed by atoms with van der Waals surface area (Å²) in [5.41, 5.74) is 2.13. The average Bonchev–Trinajstić information content (AvgIpc) is 3.15. The summed E-state index contributed by atoms with van der Waals surface area (Å²) in [6.07, 6.45) is 3.36. The van der Waals surface area contributed by atoms with Gasteiger partial charge in [-0.05, 0) is 50.5 Å². The number of hydrogen-bond acceptors (Lipinski definition) is 6. The second kappa shape index (κ2) is 9.83. The van der Waals surface area contributed by atoms with E-state index in [1.807, 2.05) is 32.0 Å². The van der Waals surface area contributed by atoms with Gasteiger partial charge in [0.2, 0.25) is 5.75 Å². The van der Waals surface area contributed by atoms with E-state index in [9.17, 15) is 4.79 Å². The fourth-order valence-electron chi connectivity index (χ4n) is 3.83. The molecule has 0 unspecified atom stereocenters. The number of hydrogen-bond donors (Lipinski definition) is 0. The van der Waals surface area contributed by atoms with Gasteiger partial charge < -0.3 is 23.9 Å². The molecule has 162 valence electrons. The van der Waals surface area contributed by atoms with Gasteiger partial charge in [-0.2, -0.15) is 0 Å². The van der Waals surface area contributed by atoms with Gasteiger partial charge in [-0.1, -0.05) is 19.1 Å². The summed E-state index contributed by atoms with van der Waals surface area (Å²) in [6, 6.07) is 10.1. The van der Waals surface area contributed by atoms with Gasteiger partial charge in [0.15, 0.2) is 0 Å². The second-order valence-corrected chi connectivity index (χ2v) is 8.19. The monoisotopic (exact) mass is 412 g/mol. The summed E-state index contributed by atoms with van der Waals surface area (Å²) in [4.78, 5) is 17.9. The van der Waals surface area contributed by atoms with Crippen molar-refractivity contribution in [3.8, 4) is 17.4 Å². The van der Waals surface area contributed by atoms with E-state index in [4.69, 9.17) is 14.2 Å². The molecule has 6 heteroatoms. The quantitative estimate of drug-likeness (QED) is 0.599. The van der Waals surface area contributed by atoms with E-state index in [-0.39, 0.29) is 23.9 Å². The van der Waals surface area contributed by atoms with Crippen LogP contribution in [0.15, 0.2) is 36.5 Å². The van der Waals surface area contributed by atoms with Crippen LogP contribution in [0.2, 0.25) is 0 Å². The van der Waals surface area contributed by atoms with Crippen molar-refractivity contribution in [1.29, 1.82) is 0 Å². The Labute approximate surface area is 179 Å². The van der Waals surface area contributed by atoms with Crippen molar-refractivity contribution in [2.45, 2.75) is 58.7 Å². The molecule has 0 radical (unpaired) electrons. The first-order valence-corrected chi connectivity index (χ1v) is 10.6. The van der Waals surface area contributed by atoms with Gasteiger partial charge in [0, 0.05) is 25.6 Å². The van der Waals surface area contributed by atoms with Gasteiger partial charge in [0.1, 0.15) is 17.6 Å². The highest BCUT2D eigenvalue weighted by atomic mass is 16.5. The molecule has 2 atom stereocenters. The molecule has 1 aromatic carbocycles. The highest BCUT2D eigenvalue weighted by molar-refractivity contribution is 5.76. The zero-order valence-corrected chi connectivity index (χ0v) is 18.6. The number of rotatable bonds is 9. The number of carbonyl (C=O) groups is 1. The molecule has 0 N–H and O–H groups in total. The highest BCUT2D eigenvalue weighted by Gasteiger charge is 2.28. The predicted octanol–water partition coefficient (Wildman–Crippen LogP) is 4.62. The molecule has 1 saturated heterocycles. The summed E-state index contributed by atoms with van der Waals surface area (Å²) >= 11 is 0. The molecule has 0 aliphatic carbocycles. The minimum absolute atomic E-state index is 0.0254. The molecule has 2 aromatic rings. The van der Waals surface area contributed by atoms with Crippen LogP contribution >= 0.6 is 0 Å². The van der Waals surface area contributed by atoms with Crippen LogP contribution in [0.1, 0.15) is 52.0 Å². The lowest BCUT2D eigenvalue weighted by molar-refractivity contribution is -0.117. The van der Waals surface area contributed by atoms with Crippen LogP contribution in [0.25, 0.3) is 0 Å².